The Bertz CT molecular complexity index is 497. The van der Waals surface area contributed by atoms with Gasteiger partial charge in [0.05, 0.1) is 6.20 Å². The van der Waals surface area contributed by atoms with Gasteiger partial charge in [0.2, 0.25) is 10.0 Å². The zero-order valence-electron chi connectivity index (χ0n) is 10.5. The van der Waals surface area contributed by atoms with Crippen LogP contribution in [0.2, 0.25) is 0 Å². The summed E-state index contributed by atoms with van der Waals surface area (Å²) in [5.74, 6) is 1.20. The van der Waals surface area contributed by atoms with Crippen LogP contribution in [0, 0.1) is 11.8 Å². The Balaban J connectivity index is 1.95. The first-order valence-corrected chi connectivity index (χ1v) is 7.76. The second kappa shape index (κ2) is 5.27. The van der Waals surface area contributed by atoms with Crippen molar-refractivity contribution in [1.29, 1.82) is 0 Å². The molecule has 1 aliphatic rings. The van der Waals surface area contributed by atoms with Crippen LogP contribution in [0.1, 0.15) is 32.6 Å². The third kappa shape index (κ3) is 3.02. The van der Waals surface area contributed by atoms with Crippen molar-refractivity contribution in [2.24, 2.45) is 11.8 Å². The van der Waals surface area contributed by atoms with E-state index in [0.29, 0.717) is 18.4 Å². The SMILES string of the molecule is CC1CCCC(CNS(=O)(=O)c2cn[nH]c2N)C1. The maximum Gasteiger partial charge on any atom is 0.245 e. The number of nitrogens with zero attached hydrogens (tertiary/aromatic N) is 1. The van der Waals surface area contributed by atoms with E-state index in [0.717, 1.165) is 12.8 Å². The van der Waals surface area contributed by atoms with Gasteiger partial charge in [0, 0.05) is 6.54 Å². The van der Waals surface area contributed by atoms with Gasteiger partial charge in [-0.05, 0) is 24.7 Å². The minimum Gasteiger partial charge on any atom is -0.383 e. The standard InChI is InChI=1S/C11H20N4O2S/c1-8-3-2-4-9(5-8)6-14-18(16,17)10-7-13-15-11(10)12/h7-9,14H,2-6H2,1H3,(H3,12,13,15). The molecule has 7 heteroatoms. The molecule has 0 saturated heterocycles. The van der Waals surface area contributed by atoms with Crippen LogP contribution in [0.5, 0.6) is 0 Å². The molecule has 0 aliphatic heterocycles. The Kier molecular flexibility index (Phi) is 3.91. The lowest BCUT2D eigenvalue weighted by Gasteiger charge is -2.26. The molecule has 1 aromatic rings. The molecule has 1 saturated carbocycles. The van der Waals surface area contributed by atoms with E-state index in [-0.39, 0.29) is 10.7 Å². The van der Waals surface area contributed by atoms with Gasteiger partial charge >= 0.3 is 0 Å². The molecule has 102 valence electrons. The van der Waals surface area contributed by atoms with Gasteiger partial charge in [-0.15, -0.1) is 0 Å². The van der Waals surface area contributed by atoms with Crippen molar-refractivity contribution < 1.29 is 8.42 Å². The monoisotopic (exact) mass is 272 g/mol. The summed E-state index contributed by atoms with van der Waals surface area (Å²) in [4.78, 5) is 0.0337. The van der Waals surface area contributed by atoms with Gasteiger partial charge in [-0.1, -0.05) is 19.8 Å². The Hall–Kier alpha value is -1.08. The summed E-state index contributed by atoms with van der Waals surface area (Å²) < 4.78 is 26.6. The molecule has 2 rings (SSSR count). The lowest BCUT2D eigenvalue weighted by Crippen LogP contribution is -2.31. The largest absolute Gasteiger partial charge is 0.383 e. The second-order valence-corrected chi connectivity index (χ2v) is 6.87. The Morgan fingerprint density at radius 3 is 2.94 bits per heavy atom. The first kappa shape index (κ1) is 13.4. The van der Waals surface area contributed by atoms with Crippen LogP contribution in [0.4, 0.5) is 5.82 Å². The molecule has 0 aromatic carbocycles. The van der Waals surface area contributed by atoms with Gasteiger partial charge in [0.15, 0.2) is 0 Å². The molecule has 0 amide bonds. The maximum atomic E-state index is 12.0. The molecule has 18 heavy (non-hydrogen) atoms. The van der Waals surface area contributed by atoms with Gasteiger partial charge in [-0.2, -0.15) is 5.10 Å². The number of nitrogens with two attached hydrogens (primary N) is 1. The highest BCUT2D eigenvalue weighted by Crippen LogP contribution is 2.28. The summed E-state index contributed by atoms with van der Waals surface area (Å²) in [5.41, 5.74) is 5.52. The van der Waals surface area contributed by atoms with Crippen LogP contribution >= 0.6 is 0 Å². The minimum atomic E-state index is -3.53. The highest BCUT2D eigenvalue weighted by atomic mass is 32.2. The molecular weight excluding hydrogens is 252 g/mol. The second-order valence-electron chi connectivity index (χ2n) is 5.14. The van der Waals surface area contributed by atoms with Crippen molar-refractivity contribution >= 4 is 15.8 Å². The average molecular weight is 272 g/mol. The maximum absolute atomic E-state index is 12.0. The van der Waals surface area contributed by atoms with Gasteiger partial charge in [-0.3, -0.25) is 5.10 Å². The molecule has 4 N–H and O–H groups in total. The fourth-order valence-corrected chi connectivity index (χ4v) is 3.69. The Labute approximate surface area is 107 Å². The molecule has 2 unspecified atom stereocenters. The van der Waals surface area contributed by atoms with Crippen molar-refractivity contribution in [3.8, 4) is 0 Å². The molecule has 2 atom stereocenters. The van der Waals surface area contributed by atoms with E-state index in [4.69, 9.17) is 5.73 Å². The number of aromatic nitrogens is 2. The average Bonchev–Trinajstić information content (AvgIpc) is 2.74. The van der Waals surface area contributed by atoms with E-state index in [1.807, 2.05) is 0 Å². The topological polar surface area (TPSA) is 101 Å². The number of aromatic amines is 1. The number of nitrogens with one attached hydrogen (secondary N) is 2. The van der Waals surface area contributed by atoms with E-state index in [2.05, 4.69) is 21.8 Å². The van der Waals surface area contributed by atoms with Crippen molar-refractivity contribution in [1.82, 2.24) is 14.9 Å². The lowest BCUT2D eigenvalue weighted by atomic mass is 9.83. The molecule has 6 nitrogen and oxygen atoms in total. The quantitative estimate of drug-likeness (QED) is 0.763. The van der Waals surface area contributed by atoms with Crippen LogP contribution < -0.4 is 10.5 Å². The summed E-state index contributed by atoms with van der Waals surface area (Å²) in [6, 6.07) is 0. The van der Waals surface area contributed by atoms with E-state index in [9.17, 15) is 8.42 Å². The van der Waals surface area contributed by atoms with Crippen LogP contribution in [0.25, 0.3) is 0 Å². The molecule has 0 bridgehead atoms. The third-order valence-electron chi connectivity index (χ3n) is 3.53. The summed E-state index contributed by atoms with van der Waals surface area (Å²) in [7, 11) is -3.53. The number of sulfonamides is 1. The van der Waals surface area contributed by atoms with Gasteiger partial charge in [0.1, 0.15) is 10.7 Å². The highest BCUT2D eigenvalue weighted by molar-refractivity contribution is 7.89. The number of hydrogen-bond donors (Lipinski definition) is 3. The van der Waals surface area contributed by atoms with Gasteiger partial charge in [-0.25, -0.2) is 13.1 Å². The van der Waals surface area contributed by atoms with E-state index >= 15 is 0 Å². The zero-order chi connectivity index (χ0) is 13.2. The normalized spacial score (nSPS) is 25.2. The van der Waals surface area contributed by atoms with Crippen molar-refractivity contribution in [2.75, 3.05) is 12.3 Å². The van der Waals surface area contributed by atoms with E-state index < -0.39 is 10.0 Å². The van der Waals surface area contributed by atoms with Crippen LogP contribution in [0.15, 0.2) is 11.1 Å². The molecular formula is C11H20N4O2S. The fraction of sp³-hybridized carbons (Fsp3) is 0.727. The van der Waals surface area contributed by atoms with E-state index in [1.165, 1.54) is 19.0 Å². The summed E-state index contributed by atoms with van der Waals surface area (Å²) >= 11 is 0. The summed E-state index contributed by atoms with van der Waals surface area (Å²) in [5, 5.41) is 6.05. The molecule has 0 spiro atoms. The number of rotatable bonds is 4. The summed E-state index contributed by atoms with van der Waals surface area (Å²) in [6.45, 7) is 2.70. The van der Waals surface area contributed by atoms with Crippen molar-refractivity contribution in [2.45, 2.75) is 37.5 Å². The van der Waals surface area contributed by atoms with Gasteiger partial charge < -0.3 is 5.73 Å². The minimum absolute atomic E-state index is 0.0337. The van der Waals surface area contributed by atoms with E-state index in [1.54, 1.807) is 0 Å². The third-order valence-corrected chi connectivity index (χ3v) is 4.98. The molecule has 1 aromatic heterocycles. The van der Waals surface area contributed by atoms with Crippen LogP contribution in [-0.2, 0) is 10.0 Å². The van der Waals surface area contributed by atoms with Crippen molar-refractivity contribution in [3.63, 3.8) is 0 Å². The molecule has 0 radical (unpaired) electrons. The van der Waals surface area contributed by atoms with Crippen molar-refractivity contribution in [3.05, 3.63) is 6.20 Å². The van der Waals surface area contributed by atoms with Crippen LogP contribution in [0.3, 0.4) is 0 Å². The highest BCUT2D eigenvalue weighted by Gasteiger charge is 2.23. The van der Waals surface area contributed by atoms with Crippen LogP contribution in [-0.4, -0.2) is 25.2 Å². The summed E-state index contributed by atoms with van der Waals surface area (Å²) in [6.07, 6.45) is 5.84. The zero-order valence-corrected chi connectivity index (χ0v) is 11.3. The molecule has 1 heterocycles. The first-order chi connectivity index (χ1) is 8.49. The molecule has 1 fully saturated rings. The number of H-pyrrole nitrogens is 1. The Morgan fingerprint density at radius 2 is 2.33 bits per heavy atom. The predicted molar refractivity (Wildman–Crippen MR) is 69.3 cm³/mol. The smallest absolute Gasteiger partial charge is 0.245 e. The fourth-order valence-electron chi connectivity index (χ4n) is 2.55. The Morgan fingerprint density at radius 1 is 1.56 bits per heavy atom. The molecule has 1 aliphatic carbocycles. The number of anilines is 1. The predicted octanol–water partition coefficient (Wildman–Crippen LogP) is 1.10. The van der Waals surface area contributed by atoms with Gasteiger partial charge in [0.25, 0.3) is 0 Å². The lowest BCUT2D eigenvalue weighted by molar-refractivity contribution is 0.283. The number of nitrogen functional groups attached to an aromatic ring is 1. The first-order valence-electron chi connectivity index (χ1n) is 6.27. The number of hydrogen-bond acceptors (Lipinski definition) is 4.